The predicted molar refractivity (Wildman–Crippen MR) is 94.9 cm³/mol. The van der Waals surface area contributed by atoms with Gasteiger partial charge in [0.25, 0.3) is 5.91 Å². The summed E-state index contributed by atoms with van der Waals surface area (Å²) >= 11 is 3.24. The number of hydrogen-bond acceptors (Lipinski definition) is 5. The molecule has 0 saturated carbocycles. The van der Waals surface area contributed by atoms with Gasteiger partial charge >= 0.3 is 0 Å². The molecular formula is C16H13BrN4O2. The highest BCUT2D eigenvalue weighted by Gasteiger charge is 2.23. The number of carbonyl (C=O) groups is 1. The van der Waals surface area contributed by atoms with Crippen molar-refractivity contribution in [3.63, 3.8) is 0 Å². The van der Waals surface area contributed by atoms with Crippen molar-refractivity contribution in [3.8, 4) is 5.75 Å². The molecule has 0 radical (unpaired) electrons. The highest BCUT2D eigenvalue weighted by atomic mass is 79.9. The highest BCUT2D eigenvalue weighted by molar-refractivity contribution is 9.10. The molecule has 116 valence electrons. The maximum absolute atomic E-state index is 11.5. The molecule has 1 aliphatic heterocycles. The second-order valence-corrected chi connectivity index (χ2v) is 5.68. The van der Waals surface area contributed by atoms with Crippen LogP contribution in [0.3, 0.4) is 0 Å². The van der Waals surface area contributed by atoms with Crippen molar-refractivity contribution in [2.24, 2.45) is 15.3 Å². The Balaban J connectivity index is 1.99. The summed E-state index contributed by atoms with van der Waals surface area (Å²) in [6.45, 7) is 0. The number of carbonyl (C=O) groups excluding carboxylic acids is 1. The predicted octanol–water partition coefficient (Wildman–Crippen LogP) is 2.50. The molecule has 0 fully saturated rings. The lowest BCUT2D eigenvalue weighted by atomic mass is 10.0. The smallest absolute Gasteiger partial charge is 0.260 e. The maximum Gasteiger partial charge on any atom is 0.260 e. The van der Waals surface area contributed by atoms with E-state index in [0.29, 0.717) is 11.5 Å². The van der Waals surface area contributed by atoms with E-state index in [0.717, 1.165) is 16.3 Å². The zero-order valence-corrected chi connectivity index (χ0v) is 13.8. The molecule has 1 amide bonds. The third kappa shape index (κ3) is 3.14. The largest absolute Gasteiger partial charge is 0.496 e. The summed E-state index contributed by atoms with van der Waals surface area (Å²) in [7, 11) is 1.61. The minimum atomic E-state index is -0.563. The molecule has 1 aliphatic rings. The van der Waals surface area contributed by atoms with Crippen LogP contribution in [-0.2, 0) is 4.79 Å². The van der Waals surface area contributed by atoms with Gasteiger partial charge in [-0.05, 0) is 16.8 Å². The molecule has 0 aliphatic carbocycles. The van der Waals surface area contributed by atoms with E-state index in [2.05, 4.69) is 36.7 Å². The van der Waals surface area contributed by atoms with Crippen molar-refractivity contribution in [1.29, 1.82) is 0 Å². The van der Waals surface area contributed by atoms with Gasteiger partial charge < -0.3 is 4.74 Å². The molecule has 2 aromatic rings. The number of alkyl halides is 1. The molecule has 0 aromatic heterocycles. The van der Waals surface area contributed by atoms with Crippen molar-refractivity contribution in [2.75, 3.05) is 7.11 Å². The van der Waals surface area contributed by atoms with Gasteiger partial charge in [0.2, 0.25) is 0 Å². The third-order valence-corrected chi connectivity index (χ3v) is 4.26. The normalized spacial score (nSPS) is 19.5. The van der Waals surface area contributed by atoms with Crippen LogP contribution in [0.1, 0.15) is 5.56 Å². The van der Waals surface area contributed by atoms with E-state index in [9.17, 15) is 4.79 Å². The first-order valence-corrected chi connectivity index (χ1v) is 7.76. The first-order chi connectivity index (χ1) is 11.2. The zero-order valence-electron chi connectivity index (χ0n) is 12.2. The molecule has 7 heteroatoms. The summed E-state index contributed by atoms with van der Waals surface area (Å²) < 4.78 is 5.39. The van der Waals surface area contributed by atoms with E-state index in [-0.39, 0.29) is 5.91 Å². The lowest BCUT2D eigenvalue weighted by molar-refractivity contribution is -0.119. The van der Waals surface area contributed by atoms with Crippen molar-refractivity contribution in [2.45, 2.75) is 4.83 Å². The first kappa shape index (κ1) is 15.4. The summed E-state index contributed by atoms with van der Waals surface area (Å²) in [4.78, 5) is 10.9. The second kappa shape index (κ2) is 6.70. The Hall–Kier alpha value is -2.54. The molecule has 1 N–H and O–H groups in total. The van der Waals surface area contributed by atoms with Crippen LogP contribution in [0.25, 0.3) is 10.8 Å². The Morgan fingerprint density at radius 3 is 2.96 bits per heavy atom. The Bertz CT molecular complexity index is 845. The number of rotatable bonds is 3. The Morgan fingerprint density at radius 2 is 2.13 bits per heavy atom. The molecule has 0 saturated heterocycles. The molecular weight excluding hydrogens is 360 g/mol. The minimum absolute atomic E-state index is 0.274. The fourth-order valence-electron chi connectivity index (χ4n) is 2.23. The molecule has 1 atom stereocenters. The number of hydrazone groups is 1. The van der Waals surface area contributed by atoms with Gasteiger partial charge in [-0.3, -0.25) is 4.79 Å². The van der Waals surface area contributed by atoms with E-state index in [1.807, 2.05) is 36.4 Å². The third-order valence-electron chi connectivity index (χ3n) is 3.37. The number of halogens is 1. The van der Waals surface area contributed by atoms with Crippen LogP contribution in [0.15, 0.2) is 51.7 Å². The molecule has 3 rings (SSSR count). The quantitative estimate of drug-likeness (QED) is 0.510. The Morgan fingerprint density at radius 1 is 1.30 bits per heavy atom. The second-order valence-electron chi connectivity index (χ2n) is 4.77. The Labute approximate surface area is 141 Å². The van der Waals surface area contributed by atoms with Crippen molar-refractivity contribution >= 4 is 50.8 Å². The molecule has 1 unspecified atom stereocenters. The number of ether oxygens (including phenoxy) is 1. The monoisotopic (exact) mass is 372 g/mol. The van der Waals surface area contributed by atoms with Crippen molar-refractivity contribution < 1.29 is 9.53 Å². The summed E-state index contributed by atoms with van der Waals surface area (Å²) in [5.41, 5.74) is 3.61. The highest BCUT2D eigenvalue weighted by Crippen LogP contribution is 2.26. The summed E-state index contributed by atoms with van der Waals surface area (Å²) in [6, 6.07) is 11.8. The van der Waals surface area contributed by atoms with Gasteiger partial charge in [-0.2, -0.15) is 15.3 Å². The summed E-state index contributed by atoms with van der Waals surface area (Å²) in [5, 5.41) is 14.0. The van der Waals surface area contributed by atoms with Gasteiger partial charge in [0.1, 0.15) is 16.3 Å². The zero-order chi connectivity index (χ0) is 16.2. The van der Waals surface area contributed by atoms with Crippen LogP contribution >= 0.6 is 15.9 Å². The van der Waals surface area contributed by atoms with Crippen LogP contribution in [0.5, 0.6) is 5.75 Å². The SMILES string of the molecule is COc1ccc2ccccc2c1/C=N\N=C1\C=NNC(=O)C1Br. The minimum Gasteiger partial charge on any atom is -0.496 e. The maximum atomic E-state index is 11.5. The fraction of sp³-hybridized carbons (Fsp3) is 0.125. The Kier molecular flexibility index (Phi) is 4.47. The number of hydrogen-bond donors (Lipinski definition) is 1. The number of fused-ring (bicyclic) bond motifs is 1. The molecule has 2 aromatic carbocycles. The van der Waals surface area contributed by atoms with Gasteiger partial charge in [-0.25, -0.2) is 5.43 Å². The van der Waals surface area contributed by atoms with Gasteiger partial charge in [0.15, 0.2) is 0 Å². The molecule has 6 nitrogen and oxygen atoms in total. The lowest BCUT2D eigenvalue weighted by Gasteiger charge is -2.11. The molecule has 0 bridgehead atoms. The first-order valence-electron chi connectivity index (χ1n) is 6.84. The summed E-state index contributed by atoms with van der Waals surface area (Å²) in [6.07, 6.45) is 3.08. The van der Waals surface area contributed by atoms with Crippen molar-refractivity contribution in [1.82, 2.24) is 5.43 Å². The number of nitrogens with one attached hydrogen (secondary N) is 1. The van der Waals surface area contributed by atoms with Gasteiger partial charge in [-0.15, -0.1) is 0 Å². The standard InChI is InChI=1S/C16H13BrN4O2/c1-23-14-7-6-10-4-2-3-5-11(10)12(14)8-18-20-13-9-19-21-16(22)15(13)17/h2-9,15H,1H3,(H,21,22)/b18-8-,20-13-. The van der Waals surface area contributed by atoms with Gasteiger partial charge in [-0.1, -0.05) is 46.3 Å². The van der Waals surface area contributed by atoms with E-state index >= 15 is 0 Å². The topological polar surface area (TPSA) is 75.4 Å². The van der Waals surface area contributed by atoms with Gasteiger partial charge in [0, 0.05) is 5.56 Å². The van der Waals surface area contributed by atoms with E-state index in [1.165, 1.54) is 6.21 Å². The van der Waals surface area contributed by atoms with Crippen LogP contribution in [0, 0.1) is 0 Å². The fourth-order valence-corrected chi connectivity index (χ4v) is 2.55. The summed E-state index contributed by atoms with van der Waals surface area (Å²) in [5.74, 6) is 0.433. The van der Waals surface area contributed by atoms with Crippen LogP contribution in [0.2, 0.25) is 0 Å². The average molecular weight is 373 g/mol. The van der Waals surface area contributed by atoms with E-state index in [1.54, 1.807) is 13.3 Å². The number of methoxy groups -OCH3 is 1. The van der Waals surface area contributed by atoms with Crippen molar-refractivity contribution in [3.05, 3.63) is 42.0 Å². The van der Waals surface area contributed by atoms with Crippen LogP contribution in [-0.4, -0.2) is 36.0 Å². The molecule has 23 heavy (non-hydrogen) atoms. The number of benzene rings is 2. The molecule has 0 spiro atoms. The van der Waals surface area contributed by atoms with E-state index < -0.39 is 4.83 Å². The lowest BCUT2D eigenvalue weighted by Crippen LogP contribution is -2.38. The van der Waals surface area contributed by atoms with Gasteiger partial charge in [0.05, 0.1) is 19.5 Å². The number of amides is 1. The number of nitrogens with zero attached hydrogens (tertiary/aromatic N) is 3. The van der Waals surface area contributed by atoms with E-state index in [4.69, 9.17) is 4.74 Å². The van der Waals surface area contributed by atoms with Crippen LogP contribution in [0.4, 0.5) is 0 Å². The van der Waals surface area contributed by atoms with Crippen LogP contribution < -0.4 is 10.2 Å². The molecule has 1 heterocycles. The average Bonchev–Trinajstić information content (AvgIpc) is 2.58.